The van der Waals surface area contributed by atoms with E-state index in [9.17, 15) is 5.11 Å². The Hall–Kier alpha value is -0.820. The number of aliphatic hydroxyl groups is 1. The Morgan fingerprint density at radius 3 is 3.00 bits per heavy atom. The molecule has 23 heavy (non-hydrogen) atoms. The summed E-state index contributed by atoms with van der Waals surface area (Å²) < 4.78 is 5.99. The van der Waals surface area contributed by atoms with Gasteiger partial charge >= 0.3 is 0 Å². The summed E-state index contributed by atoms with van der Waals surface area (Å²) in [6, 6.07) is 0.318. The fourth-order valence-corrected chi connectivity index (χ4v) is 4.76. The molecule has 1 aliphatic carbocycles. The SMILES string of the molecule is CCOC(C)(C)C1N=C2C(=N)CCC3NCCCC23N1CCO. The quantitative estimate of drug-likeness (QED) is 0.710. The molecule has 2 heterocycles. The Morgan fingerprint density at radius 2 is 2.30 bits per heavy atom. The van der Waals surface area contributed by atoms with Gasteiger partial charge in [0.15, 0.2) is 0 Å². The third-order valence-corrected chi connectivity index (χ3v) is 5.62. The summed E-state index contributed by atoms with van der Waals surface area (Å²) in [7, 11) is 0. The average molecular weight is 322 g/mol. The summed E-state index contributed by atoms with van der Waals surface area (Å²) in [5.41, 5.74) is 0.926. The van der Waals surface area contributed by atoms with Crippen LogP contribution in [-0.2, 0) is 4.74 Å². The van der Waals surface area contributed by atoms with E-state index < -0.39 is 5.60 Å². The standard InChI is InChI=1S/C17H30N4O2/c1-4-23-16(2,3)15-20-14-12(18)6-7-13-17(14,8-5-9-19-13)21(15)10-11-22/h13,15,18-19,22H,4-11H2,1-3H3. The van der Waals surface area contributed by atoms with Crippen LogP contribution in [0.4, 0.5) is 0 Å². The molecule has 2 fully saturated rings. The smallest absolute Gasteiger partial charge is 0.132 e. The molecule has 0 aromatic heterocycles. The highest BCUT2D eigenvalue weighted by Gasteiger charge is 2.60. The molecule has 2 aliphatic heterocycles. The number of ether oxygens (including phenoxy) is 1. The number of hydrogen-bond donors (Lipinski definition) is 3. The topological polar surface area (TPSA) is 80.9 Å². The van der Waals surface area contributed by atoms with E-state index in [-0.39, 0.29) is 18.3 Å². The molecule has 0 radical (unpaired) electrons. The Balaban J connectivity index is 2.05. The van der Waals surface area contributed by atoms with Gasteiger partial charge in [0, 0.05) is 19.2 Å². The normalized spacial score (nSPS) is 35.0. The number of β-amino-alcohol motifs (C(OH)–C–C–N with tert-alkyl or cyclic N) is 1. The zero-order chi connectivity index (χ0) is 16.7. The van der Waals surface area contributed by atoms with Gasteiger partial charge in [-0.2, -0.15) is 0 Å². The van der Waals surface area contributed by atoms with Crippen molar-refractivity contribution in [3.63, 3.8) is 0 Å². The summed E-state index contributed by atoms with van der Waals surface area (Å²) in [6.45, 7) is 8.46. The van der Waals surface area contributed by atoms with Gasteiger partial charge in [0.2, 0.25) is 0 Å². The van der Waals surface area contributed by atoms with E-state index in [4.69, 9.17) is 15.1 Å². The number of aliphatic imine (C=N–C) groups is 1. The molecule has 3 unspecified atom stereocenters. The number of rotatable bonds is 5. The van der Waals surface area contributed by atoms with Gasteiger partial charge in [0.25, 0.3) is 0 Å². The van der Waals surface area contributed by atoms with Crippen molar-refractivity contribution in [2.45, 2.75) is 69.8 Å². The molecular formula is C17H30N4O2. The van der Waals surface area contributed by atoms with Crippen molar-refractivity contribution in [3.05, 3.63) is 0 Å². The number of piperidine rings is 1. The van der Waals surface area contributed by atoms with Crippen molar-refractivity contribution < 1.29 is 9.84 Å². The van der Waals surface area contributed by atoms with Gasteiger partial charge in [0.1, 0.15) is 6.17 Å². The van der Waals surface area contributed by atoms with Gasteiger partial charge in [-0.15, -0.1) is 0 Å². The Bertz CT molecular complexity index is 505. The number of nitrogens with zero attached hydrogens (tertiary/aromatic N) is 2. The largest absolute Gasteiger partial charge is 0.395 e. The minimum Gasteiger partial charge on any atom is -0.395 e. The molecular weight excluding hydrogens is 292 g/mol. The van der Waals surface area contributed by atoms with Crippen LogP contribution in [0.1, 0.15) is 46.5 Å². The van der Waals surface area contributed by atoms with E-state index in [0.29, 0.717) is 24.9 Å². The maximum Gasteiger partial charge on any atom is 0.132 e. The molecule has 3 N–H and O–H groups in total. The van der Waals surface area contributed by atoms with Crippen molar-refractivity contribution in [3.8, 4) is 0 Å². The average Bonchev–Trinajstić information content (AvgIpc) is 2.84. The van der Waals surface area contributed by atoms with E-state index in [0.717, 1.165) is 37.9 Å². The van der Waals surface area contributed by atoms with Crippen LogP contribution < -0.4 is 5.32 Å². The zero-order valence-electron chi connectivity index (χ0n) is 14.6. The molecule has 3 atom stereocenters. The molecule has 3 rings (SSSR count). The van der Waals surface area contributed by atoms with E-state index in [1.54, 1.807) is 0 Å². The summed E-state index contributed by atoms with van der Waals surface area (Å²) >= 11 is 0. The van der Waals surface area contributed by atoms with Crippen molar-refractivity contribution >= 4 is 11.4 Å². The Kier molecular flexibility index (Phi) is 4.62. The van der Waals surface area contributed by atoms with Crippen molar-refractivity contribution in [2.75, 3.05) is 26.3 Å². The summed E-state index contributed by atoms with van der Waals surface area (Å²) in [5, 5.41) is 21.8. The second-order valence-corrected chi connectivity index (χ2v) is 7.36. The fourth-order valence-electron chi connectivity index (χ4n) is 4.76. The van der Waals surface area contributed by atoms with Crippen LogP contribution in [0.15, 0.2) is 4.99 Å². The number of nitrogens with one attached hydrogen (secondary N) is 2. The summed E-state index contributed by atoms with van der Waals surface area (Å²) in [4.78, 5) is 7.32. The Morgan fingerprint density at radius 1 is 1.52 bits per heavy atom. The zero-order valence-corrected chi connectivity index (χ0v) is 14.6. The van der Waals surface area contributed by atoms with E-state index in [2.05, 4.69) is 24.1 Å². The van der Waals surface area contributed by atoms with Crippen LogP contribution >= 0.6 is 0 Å². The first kappa shape index (κ1) is 17.0. The lowest BCUT2D eigenvalue weighted by Crippen LogP contribution is -2.71. The lowest BCUT2D eigenvalue weighted by Gasteiger charge is -2.53. The maximum atomic E-state index is 9.68. The molecule has 0 aromatic rings. The third-order valence-electron chi connectivity index (χ3n) is 5.62. The summed E-state index contributed by atoms with van der Waals surface area (Å²) in [6.07, 6.45) is 3.69. The molecule has 1 saturated carbocycles. The monoisotopic (exact) mass is 322 g/mol. The van der Waals surface area contributed by atoms with Gasteiger partial charge < -0.3 is 20.6 Å². The molecule has 0 aromatic carbocycles. The van der Waals surface area contributed by atoms with Gasteiger partial charge in [0.05, 0.1) is 29.2 Å². The second-order valence-electron chi connectivity index (χ2n) is 7.36. The third kappa shape index (κ3) is 2.56. The lowest BCUT2D eigenvalue weighted by atomic mass is 9.69. The molecule has 0 amide bonds. The van der Waals surface area contributed by atoms with Crippen molar-refractivity contribution in [1.82, 2.24) is 10.2 Å². The van der Waals surface area contributed by atoms with Crippen LogP contribution in [-0.4, -0.2) is 71.1 Å². The van der Waals surface area contributed by atoms with Crippen LogP contribution in [0.2, 0.25) is 0 Å². The molecule has 6 heteroatoms. The predicted octanol–water partition coefficient (Wildman–Crippen LogP) is 1.18. The highest BCUT2D eigenvalue weighted by atomic mass is 16.5. The maximum absolute atomic E-state index is 9.68. The lowest BCUT2D eigenvalue weighted by molar-refractivity contribution is -0.0922. The molecule has 1 saturated heterocycles. The van der Waals surface area contributed by atoms with Crippen LogP contribution in [0.3, 0.4) is 0 Å². The highest BCUT2D eigenvalue weighted by molar-refractivity contribution is 6.45. The van der Waals surface area contributed by atoms with Gasteiger partial charge in [-0.25, -0.2) is 0 Å². The molecule has 3 aliphatic rings. The first-order valence-corrected chi connectivity index (χ1v) is 8.88. The first-order valence-electron chi connectivity index (χ1n) is 8.88. The predicted molar refractivity (Wildman–Crippen MR) is 91.4 cm³/mol. The van der Waals surface area contributed by atoms with Gasteiger partial charge in [-0.3, -0.25) is 9.89 Å². The van der Waals surface area contributed by atoms with Crippen LogP contribution in [0.5, 0.6) is 0 Å². The molecule has 6 nitrogen and oxygen atoms in total. The Labute approximate surface area is 138 Å². The van der Waals surface area contributed by atoms with Crippen LogP contribution in [0.25, 0.3) is 0 Å². The minimum absolute atomic E-state index is 0.101. The number of aliphatic hydroxyl groups excluding tert-OH is 1. The van der Waals surface area contributed by atoms with Crippen molar-refractivity contribution in [1.29, 1.82) is 5.41 Å². The molecule has 130 valence electrons. The molecule has 1 spiro atoms. The van der Waals surface area contributed by atoms with Crippen molar-refractivity contribution in [2.24, 2.45) is 4.99 Å². The highest BCUT2D eigenvalue weighted by Crippen LogP contribution is 2.44. The number of hydrogen-bond acceptors (Lipinski definition) is 6. The van der Waals surface area contributed by atoms with E-state index in [1.807, 2.05) is 6.92 Å². The fraction of sp³-hybridized carbons (Fsp3) is 0.882. The second kappa shape index (κ2) is 6.24. The van der Waals surface area contributed by atoms with Crippen LogP contribution in [0, 0.1) is 5.41 Å². The van der Waals surface area contributed by atoms with E-state index >= 15 is 0 Å². The molecule has 0 bridgehead atoms. The van der Waals surface area contributed by atoms with Gasteiger partial charge in [-0.05, 0) is 53.0 Å². The van der Waals surface area contributed by atoms with Gasteiger partial charge in [-0.1, -0.05) is 0 Å². The minimum atomic E-state index is -0.439. The first-order chi connectivity index (χ1) is 11.0. The summed E-state index contributed by atoms with van der Waals surface area (Å²) in [5.74, 6) is 0. The van der Waals surface area contributed by atoms with E-state index in [1.165, 1.54) is 0 Å².